The molecule has 0 aliphatic carbocycles. The molecule has 2 fully saturated rings. The lowest BCUT2D eigenvalue weighted by Crippen LogP contribution is -2.42. The van der Waals surface area contributed by atoms with Crippen LogP contribution in [-0.2, 0) is 20.9 Å². The molecule has 2 aliphatic rings. The van der Waals surface area contributed by atoms with Gasteiger partial charge in [0.1, 0.15) is 6.61 Å². The Kier molecular flexibility index (Phi) is 4.24. The molecule has 20 heavy (non-hydrogen) atoms. The highest BCUT2D eigenvalue weighted by atomic mass is 35.5. The Bertz CT molecular complexity index is 494. The number of carbonyl (C=O) groups is 1. The van der Waals surface area contributed by atoms with E-state index in [1.807, 2.05) is 24.3 Å². The predicted octanol–water partition coefficient (Wildman–Crippen LogP) is 2.29. The van der Waals surface area contributed by atoms with Gasteiger partial charge in [0.25, 0.3) is 0 Å². The van der Waals surface area contributed by atoms with Crippen molar-refractivity contribution in [2.45, 2.75) is 44.1 Å². The van der Waals surface area contributed by atoms with Crippen LogP contribution in [-0.4, -0.2) is 30.8 Å². The zero-order valence-electron chi connectivity index (χ0n) is 11.2. The van der Waals surface area contributed by atoms with Crippen molar-refractivity contribution in [3.63, 3.8) is 0 Å². The van der Waals surface area contributed by atoms with Crippen LogP contribution in [0.15, 0.2) is 24.3 Å². The van der Waals surface area contributed by atoms with Crippen LogP contribution in [0.5, 0.6) is 0 Å². The summed E-state index contributed by atoms with van der Waals surface area (Å²) in [6.07, 6.45) is 3.65. The Hall–Kier alpha value is -1.10. The first-order valence-corrected chi connectivity index (χ1v) is 7.36. The van der Waals surface area contributed by atoms with Crippen LogP contribution < -0.4 is 5.32 Å². The largest absolute Gasteiger partial charge is 0.373 e. The van der Waals surface area contributed by atoms with Gasteiger partial charge < -0.3 is 14.8 Å². The number of fused-ring (bicyclic) bond motifs is 2. The number of nitrogens with one attached hydrogen (secondary N) is 1. The normalized spacial score (nSPS) is 27.8. The fourth-order valence-corrected chi connectivity index (χ4v) is 3.10. The van der Waals surface area contributed by atoms with Crippen LogP contribution in [0.3, 0.4) is 0 Å². The Morgan fingerprint density at radius 2 is 2.25 bits per heavy atom. The molecular weight excluding hydrogens is 278 g/mol. The summed E-state index contributed by atoms with van der Waals surface area (Å²) in [7, 11) is 0. The van der Waals surface area contributed by atoms with Gasteiger partial charge >= 0.3 is 0 Å². The second kappa shape index (κ2) is 6.12. The first-order valence-electron chi connectivity index (χ1n) is 6.98. The van der Waals surface area contributed by atoms with Crippen LogP contribution >= 0.6 is 11.6 Å². The molecular formula is C15H18ClNO3. The number of ether oxygens (including phenoxy) is 2. The Balaban J connectivity index is 1.40. The molecule has 2 bridgehead atoms. The van der Waals surface area contributed by atoms with E-state index in [1.54, 1.807) is 0 Å². The summed E-state index contributed by atoms with van der Waals surface area (Å²) < 4.78 is 11.1. The van der Waals surface area contributed by atoms with Crippen molar-refractivity contribution in [3.8, 4) is 0 Å². The summed E-state index contributed by atoms with van der Waals surface area (Å²) in [5, 5.41) is 3.65. The van der Waals surface area contributed by atoms with Gasteiger partial charge in [-0.05, 0) is 30.9 Å². The maximum absolute atomic E-state index is 11.8. The number of hydrogen-bond donors (Lipinski definition) is 1. The van der Waals surface area contributed by atoms with Gasteiger partial charge in [0, 0.05) is 5.02 Å². The minimum Gasteiger partial charge on any atom is -0.373 e. The van der Waals surface area contributed by atoms with Crippen LogP contribution in [0.1, 0.15) is 24.8 Å². The molecule has 2 heterocycles. The predicted molar refractivity (Wildman–Crippen MR) is 75.6 cm³/mol. The van der Waals surface area contributed by atoms with Crippen LogP contribution in [0.25, 0.3) is 0 Å². The van der Waals surface area contributed by atoms with Crippen LogP contribution in [0.2, 0.25) is 5.02 Å². The molecule has 0 radical (unpaired) electrons. The van der Waals surface area contributed by atoms with Gasteiger partial charge in [-0.1, -0.05) is 29.8 Å². The second-order valence-corrected chi connectivity index (χ2v) is 5.78. The van der Waals surface area contributed by atoms with Crippen molar-refractivity contribution in [3.05, 3.63) is 34.9 Å². The number of carbonyl (C=O) groups excluding carboxylic acids is 1. The van der Waals surface area contributed by atoms with E-state index in [2.05, 4.69) is 5.32 Å². The summed E-state index contributed by atoms with van der Waals surface area (Å²) >= 11 is 6.02. The first-order chi connectivity index (χ1) is 9.72. The molecule has 3 atom stereocenters. The van der Waals surface area contributed by atoms with E-state index in [9.17, 15) is 4.79 Å². The van der Waals surface area contributed by atoms with Gasteiger partial charge in [0.2, 0.25) is 5.91 Å². The molecule has 0 saturated carbocycles. The smallest absolute Gasteiger partial charge is 0.246 e. The molecule has 4 nitrogen and oxygen atoms in total. The van der Waals surface area contributed by atoms with Gasteiger partial charge in [-0.15, -0.1) is 0 Å². The lowest BCUT2D eigenvalue weighted by molar-refractivity contribution is -0.127. The molecule has 2 saturated heterocycles. The molecule has 108 valence electrons. The van der Waals surface area contributed by atoms with Crippen molar-refractivity contribution >= 4 is 17.5 Å². The topological polar surface area (TPSA) is 47.6 Å². The minimum atomic E-state index is -0.0850. The van der Waals surface area contributed by atoms with Crippen molar-refractivity contribution in [2.75, 3.05) is 6.61 Å². The summed E-state index contributed by atoms with van der Waals surface area (Å²) in [4.78, 5) is 11.8. The number of benzene rings is 1. The third-order valence-electron chi connectivity index (χ3n) is 3.90. The standard InChI is InChI=1S/C15H18ClNO3/c16-12-4-2-1-3-10(12)8-19-9-15(18)17-13-7-11-5-6-14(13)20-11/h1-4,11,13-14H,5-9H2,(H,17,18)/t11-,13-,14+/m1/s1. The highest BCUT2D eigenvalue weighted by molar-refractivity contribution is 6.31. The molecule has 1 amide bonds. The fourth-order valence-electron chi connectivity index (χ4n) is 2.91. The van der Waals surface area contributed by atoms with Gasteiger partial charge in [-0.25, -0.2) is 0 Å². The Morgan fingerprint density at radius 1 is 1.40 bits per heavy atom. The summed E-state index contributed by atoms with van der Waals surface area (Å²) in [5.41, 5.74) is 0.894. The maximum atomic E-state index is 11.8. The highest BCUT2D eigenvalue weighted by Gasteiger charge is 2.41. The molecule has 0 unspecified atom stereocenters. The molecule has 3 rings (SSSR count). The average Bonchev–Trinajstić information content (AvgIpc) is 3.03. The van der Waals surface area contributed by atoms with E-state index in [4.69, 9.17) is 21.1 Å². The highest BCUT2D eigenvalue weighted by Crippen LogP contribution is 2.34. The van der Waals surface area contributed by atoms with Crippen molar-refractivity contribution in [1.82, 2.24) is 5.32 Å². The molecule has 2 aliphatic heterocycles. The molecule has 0 spiro atoms. The molecule has 1 aromatic carbocycles. The van der Waals surface area contributed by atoms with E-state index in [0.717, 1.165) is 24.8 Å². The van der Waals surface area contributed by atoms with Crippen molar-refractivity contribution < 1.29 is 14.3 Å². The fraction of sp³-hybridized carbons (Fsp3) is 0.533. The summed E-state index contributed by atoms with van der Waals surface area (Å²) in [6, 6.07) is 7.63. The SMILES string of the molecule is O=C(COCc1ccccc1Cl)N[C@@H]1C[C@H]2CC[C@@H]1O2. The zero-order chi connectivity index (χ0) is 13.9. The van der Waals surface area contributed by atoms with E-state index >= 15 is 0 Å². The van der Waals surface area contributed by atoms with E-state index in [-0.39, 0.29) is 24.7 Å². The van der Waals surface area contributed by atoms with E-state index in [0.29, 0.717) is 17.7 Å². The number of amides is 1. The average molecular weight is 296 g/mol. The monoisotopic (exact) mass is 295 g/mol. The summed E-state index contributed by atoms with van der Waals surface area (Å²) in [6.45, 7) is 0.402. The van der Waals surface area contributed by atoms with Gasteiger partial charge in [0.05, 0.1) is 24.9 Å². The van der Waals surface area contributed by atoms with Gasteiger partial charge in [-0.3, -0.25) is 4.79 Å². The van der Waals surface area contributed by atoms with Crippen molar-refractivity contribution in [1.29, 1.82) is 0 Å². The molecule has 1 aromatic rings. The Morgan fingerprint density at radius 3 is 2.95 bits per heavy atom. The first kappa shape index (κ1) is 13.9. The van der Waals surface area contributed by atoms with Crippen LogP contribution in [0, 0.1) is 0 Å². The lowest BCUT2D eigenvalue weighted by atomic mass is 9.95. The minimum absolute atomic E-state index is 0.0547. The van der Waals surface area contributed by atoms with E-state index in [1.165, 1.54) is 0 Å². The quantitative estimate of drug-likeness (QED) is 0.907. The van der Waals surface area contributed by atoms with Gasteiger partial charge in [0.15, 0.2) is 0 Å². The lowest BCUT2D eigenvalue weighted by Gasteiger charge is -2.19. The van der Waals surface area contributed by atoms with Gasteiger partial charge in [-0.2, -0.15) is 0 Å². The third-order valence-corrected chi connectivity index (χ3v) is 4.27. The molecule has 1 N–H and O–H groups in total. The molecule has 5 heteroatoms. The molecule has 0 aromatic heterocycles. The summed E-state index contributed by atoms with van der Waals surface area (Å²) in [5.74, 6) is -0.0850. The number of hydrogen-bond acceptors (Lipinski definition) is 3. The number of halogens is 1. The third kappa shape index (κ3) is 3.14. The van der Waals surface area contributed by atoms with Crippen molar-refractivity contribution in [2.24, 2.45) is 0 Å². The van der Waals surface area contributed by atoms with E-state index < -0.39 is 0 Å². The zero-order valence-corrected chi connectivity index (χ0v) is 11.9. The number of rotatable bonds is 5. The Labute approximate surface area is 123 Å². The van der Waals surface area contributed by atoms with Crippen LogP contribution in [0.4, 0.5) is 0 Å². The maximum Gasteiger partial charge on any atom is 0.246 e. The second-order valence-electron chi connectivity index (χ2n) is 5.37.